The average molecular weight is 575 g/mol. The minimum atomic E-state index is -1.14. The van der Waals surface area contributed by atoms with Crippen LogP contribution in [-0.2, 0) is 23.8 Å². The Morgan fingerprint density at radius 1 is 0.725 bits per heavy atom. The largest absolute Gasteiger partial charge is 0.444 e. The Labute approximate surface area is 237 Å². The van der Waals surface area contributed by atoms with Crippen LogP contribution in [0.2, 0.25) is 0 Å². The number of hydrogen-bond donors (Lipinski definition) is 5. The quantitative estimate of drug-likeness (QED) is 0.213. The Morgan fingerprint density at radius 3 is 1.65 bits per heavy atom. The molecule has 232 valence electrons. The Hall–Kier alpha value is -3.13. The van der Waals surface area contributed by atoms with Crippen molar-refractivity contribution in [1.82, 2.24) is 20.9 Å². The molecule has 0 bridgehead atoms. The zero-order chi connectivity index (χ0) is 31.3. The van der Waals surface area contributed by atoms with Gasteiger partial charge in [-0.15, -0.1) is 0 Å². The first-order valence-electron chi connectivity index (χ1n) is 13.4. The molecule has 0 saturated heterocycles. The molecule has 2 atom stereocenters. The highest BCUT2D eigenvalue weighted by atomic mass is 16.6. The Balaban J connectivity index is 5.48. The lowest BCUT2D eigenvalue weighted by molar-refractivity contribution is -0.134. The van der Waals surface area contributed by atoms with Crippen molar-refractivity contribution in [2.24, 2.45) is 11.5 Å². The Kier molecular flexibility index (Phi) is 14.9. The smallest absolute Gasteiger partial charge is 0.411 e. The van der Waals surface area contributed by atoms with E-state index in [0.717, 1.165) is 4.90 Å². The highest BCUT2D eigenvalue weighted by Gasteiger charge is 2.34. The summed E-state index contributed by atoms with van der Waals surface area (Å²) < 4.78 is 15.8. The van der Waals surface area contributed by atoms with E-state index in [1.165, 1.54) is 0 Å². The van der Waals surface area contributed by atoms with Gasteiger partial charge in [0.25, 0.3) is 0 Å². The molecule has 0 aromatic rings. The third-order valence-electron chi connectivity index (χ3n) is 4.72. The summed E-state index contributed by atoms with van der Waals surface area (Å²) in [7, 11) is 0. The van der Waals surface area contributed by atoms with Gasteiger partial charge in [-0.1, -0.05) is 0 Å². The fraction of sp³-hybridized carbons (Fsp3) is 0.808. The molecule has 0 rings (SSSR count). The molecule has 0 radical (unpaired) electrons. The molecular formula is C26H50N6O8. The van der Waals surface area contributed by atoms with Crippen molar-refractivity contribution in [2.75, 3.05) is 26.2 Å². The number of imide groups is 1. The minimum Gasteiger partial charge on any atom is -0.444 e. The molecular weight excluding hydrogens is 524 g/mol. The van der Waals surface area contributed by atoms with Gasteiger partial charge in [-0.3, -0.25) is 19.8 Å². The van der Waals surface area contributed by atoms with Gasteiger partial charge < -0.3 is 36.3 Å². The van der Waals surface area contributed by atoms with Crippen LogP contribution in [0, 0.1) is 0 Å². The first-order valence-corrected chi connectivity index (χ1v) is 13.4. The van der Waals surface area contributed by atoms with Crippen LogP contribution in [-0.4, -0.2) is 90.1 Å². The van der Waals surface area contributed by atoms with E-state index in [-0.39, 0.29) is 39.0 Å². The minimum absolute atomic E-state index is 0.0292. The lowest BCUT2D eigenvalue weighted by Gasteiger charge is -2.33. The lowest BCUT2D eigenvalue weighted by atomic mass is 10.1. The molecule has 0 fully saturated rings. The van der Waals surface area contributed by atoms with E-state index in [2.05, 4.69) is 16.0 Å². The third-order valence-corrected chi connectivity index (χ3v) is 4.72. The van der Waals surface area contributed by atoms with Gasteiger partial charge in [-0.25, -0.2) is 14.4 Å². The number of ether oxygens (including phenoxy) is 3. The van der Waals surface area contributed by atoms with Crippen molar-refractivity contribution < 1.29 is 38.2 Å². The predicted octanol–water partition coefficient (Wildman–Crippen LogP) is 1.74. The molecule has 0 aliphatic carbocycles. The lowest BCUT2D eigenvalue weighted by Crippen LogP contribution is -2.56. The van der Waals surface area contributed by atoms with Crippen LogP contribution in [0.15, 0.2) is 0 Å². The summed E-state index contributed by atoms with van der Waals surface area (Å²) in [5.41, 5.74) is 9.29. The van der Waals surface area contributed by atoms with Crippen molar-refractivity contribution in [3.05, 3.63) is 0 Å². The van der Waals surface area contributed by atoms with Gasteiger partial charge >= 0.3 is 18.3 Å². The highest BCUT2D eigenvalue weighted by molar-refractivity contribution is 6.00. The highest BCUT2D eigenvalue weighted by Crippen LogP contribution is 2.15. The maximum Gasteiger partial charge on any atom is 0.411 e. The van der Waals surface area contributed by atoms with Gasteiger partial charge in [0.2, 0.25) is 11.8 Å². The molecule has 0 spiro atoms. The van der Waals surface area contributed by atoms with Crippen LogP contribution < -0.4 is 27.4 Å². The summed E-state index contributed by atoms with van der Waals surface area (Å²) in [6, 6.07) is -2.27. The van der Waals surface area contributed by atoms with Gasteiger partial charge in [0.05, 0.1) is 6.04 Å². The summed E-state index contributed by atoms with van der Waals surface area (Å²) in [6.07, 6.45) is -1.66. The van der Waals surface area contributed by atoms with Crippen LogP contribution in [0.4, 0.5) is 14.4 Å². The van der Waals surface area contributed by atoms with Crippen LogP contribution in [0.3, 0.4) is 0 Å². The van der Waals surface area contributed by atoms with Crippen molar-refractivity contribution >= 4 is 30.1 Å². The summed E-state index contributed by atoms with van der Waals surface area (Å²) in [6.45, 7) is 15.4. The molecule has 40 heavy (non-hydrogen) atoms. The molecule has 0 heterocycles. The molecule has 0 aliphatic heterocycles. The topological polar surface area (TPSA) is 204 Å². The van der Waals surface area contributed by atoms with E-state index in [1.54, 1.807) is 62.3 Å². The van der Waals surface area contributed by atoms with Gasteiger partial charge in [0.1, 0.15) is 22.8 Å². The van der Waals surface area contributed by atoms with Crippen molar-refractivity contribution in [1.29, 1.82) is 0 Å². The van der Waals surface area contributed by atoms with Gasteiger partial charge in [0, 0.05) is 19.6 Å². The summed E-state index contributed by atoms with van der Waals surface area (Å²) in [5.74, 6) is -1.57. The van der Waals surface area contributed by atoms with Crippen LogP contribution in [0.5, 0.6) is 0 Å². The average Bonchev–Trinajstić information content (AvgIpc) is 2.74. The number of amides is 5. The van der Waals surface area contributed by atoms with Crippen molar-refractivity contribution in [3.63, 3.8) is 0 Å². The monoisotopic (exact) mass is 574 g/mol. The number of carbonyl (C=O) groups is 5. The molecule has 0 aliphatic rings. The number of nitrogens with zero attached hydrogens (tertiary/aromatic N) is 1. The maximum absolute atomic E-state index is 13.2. The molecule has 0 unspecified atom stereocenters. The number of alkyl carbamates (subject to hydrolysis) is 2. The van der Waals surface area contributed by atoms with E-state index in [1.807, 2.05) is 0 Å². The maximum atomic E-state index is 13.2. The molecule has 0 saturated carbocycles. The molecule has 5 amide bonds. The standard InChI is InChI=1S/C26H50N6O8/c1-24(2,3)38-21(35)29-14-12-17(28)19(33)31-20(34)18(11-10-13-27)32(23(37)40-26(7,8)9)16-15-30-22(36)39-25(4,5)6/h17-18H,10-16,27-28H2,1-9H3,(H,29,35)(H,30,36)(H,31,33,34)/t17-,18-/m0/s1. The predicted molar refractivity (Wildman–Crippen MR) is 149 cm³/mol. The molecule has 14 nitrogen and oxygen atoms in total. The van der Waals surface area contributed by atoms with E-state index in [0.29, 0.717) is 6.42 Å². The van der Waals surface area contributed by atoms with Gasteiger partial charge in [-0.2, -0.15) is 0 Å². The van der Waals surface area contributed by atoms with E-state index >= 15 is 0 Å². The molecule has 0 aromatic carbocycles. The number of nitrogens with one attached hydrogen (secondary N) is 3. The SMILES string of the molecule is CC(C)(C)OC(=O)NCC[C@H](N)C(=O)NC(=O)[C@H](CCCN)N(CCNC(=O)OC(C)(C)C)C(=O)OC(C)(C)C. The molecule has 0 aromatic heterocycles. The summed E-state index contributed by atoms with van der Waals surface area (Å²) in [5, 5.41) is 7.28. The summed E-state index contributed by atoms with van der Waals surface area (Å²) in [4.78, 5) is 64.0. The Bertz CT molecular complexity index is 861. The number of carbonyl (C=O) groups excluding carboxylic acids is 5. The van der Waals surface area contributed by atoms with Crippen LogP contribution in [0.25, 0.3) is 0 Å². The van der Waals surface area contributed by atoms with Gasteiger partial charge in [0.15, 0.2) is 0 Å². The third kappa shape index (κ3) is 17.5. The summed E-state index contributed by atoms with van der Waals surface area (Å²) >= 11 is 0. The fourth-order valence-corrected chi connectivity index (χ4v) is 3.10. The second-order valence-electron chi connectivity index (χ2n) is 12.2. The molecule has 14 heteroatoms. The Morgan fingerprint density at radius 2 is 1.20 bits per heavy atom. The number of hydrogen-bond acceptors (Lipinski definition) is 10. The molecule has 7 N–H and O–H groups in total. The van der Waals surface area contributed by atoms with Crippen LogP contribution >= 0.6 is 0 Å². The van der Waals surface area contributed by atoms with Gasteiger partial charge in [-0.05, 0) is 88.1 Å². The van der Waals surface area contributed by atoms with Crippen LogP contribution in [0.1, 0.15) is 81.6 Å². The van der Waals surface area contributed by atoms with E-state index < -0.39 is 59.0 Å². The zero-order valence-corrected chi connectivity index (χ0v) is 25.5. The number of rotatable bonds is 12. The normalized spacial score (nSPS) is 13.4. The van der Waals surface area contributed by atoms with Crippen molar-refractivity contribution in [2.45, 2.75) is 110 Å². The fourth-order valence-electron chi connectivity index (χ4n) is 3.10. The van der Waals surface area contributed by atoms with Crippen molar-refractivity contribution in [3.8, 4) is 0 Å². The second kappa shape index (κ2) is 16.2. The zero-order valence-electron chi connectivity index (χ0n) is 25.5. The first kappa shape index (κ1) is 36.9. The van der Waals surface area contributed by atoms with E-state index in [9.17, 15) is 24.0 Å². The second-order valence-corrected chi connectivity index (χ2v) is 12.2. The number of nitrogens with two attached hydrogens (primary N) is 2. The first-order chi connectivity index (χ1) is 18.1. The van der Waals surface area contributed by atoms with E-state index in [4.69, 9.17) is 25.7 Å².